The predicted octanol–water partition coefficient (Wildman–Crippen LogP) is 2.29. The van der Waals surface area contributed by atoms with Crippen molar-refractivity contribution < 1.29 is 9.53 Å². The number of carbonyl (C=O) groups is 1. The molecule has 2 N–H and O–H groups in total. The van der Waals surface area contributed by atoms with Gasteiger partial charge in [0.1, 0.15) is 0 Å². The molecule has 4 rings (SSSR count). The first-order valence-electron chi connectivity index (χ1n) is 8.56. The highest BCUT2D eigenvalue weighted by molar-refractivity contribution is 5.95. The molecule has 1 amide bonds. The number of fused-ring (bicyclic) bond motifs is 1. The van der Waals surface area contributed by atoms with E-state index in [-0.39, 0.29) is 5.91 Å². The molecule has 26 heavy (non-hydrogen) atoms. The zero-order valence-corrected chi connectivity index (χ0v) is 14.5. The van der Waals surface area contributed by atoms with Crippen LogP contribution in [0.3, 0.4) is 0 Å². The Balaban J connectivity index is 1.47. The summed E-state index contributed by atoms with van der Waals surface area (Å²) in [4.78, 5) is 12.5. The van der Waals surface area contributed by atoms with Gasteiger partial charge in [-0.05, 0) is 43.0 Å². The number of methoxy groups -OCH3 is 1. The topological polar surface area (TPSA) is 92.8 Å². The average Bonchev–Trinajstić information content (AvgIpc) is 3.30. The standard InChI is InChI=1S/C19H19N5O2/c1-26-18-9-8-15(21-24-18)12-4-2-5-13(10-12)19(25)20-11-17-14-6-3-7-16(14)22-23-17/h2,4-5,8-10H,3,6-7,11H2,1H3,(H,20,25)(H,22,23). The first kappa shape index (κ1) is 16.3. The van der Waals surface area contributed by atoms with Crippen LogP contribution in [-0.4, -0.2) is 33.4 Å². The zero-order chi connectivity index (χ0) is 17.9. The molecule has 7 nitrogen and oxygen atoms in total. The maximum Gasteiger partial charge on any atom is 0.251 e. The van der Waals surface area contributed by atoms with Gasteiger partial charge in [0.05, 0.1) is 25.0 Å². The second kappa shape index (κ2) is 6.95. The SMILES string of the molecule is COc1ccc(-c2cccc(C(=O)NCc3n[nH]c4c3CCC4)c2)nn1. The third-order valence-electron chi connectivity index (χ3n) is 4.58. The number of H-pyrrole nitrogens is 1. The molecule has 7 heteroatoms. The summed E-state index contributed by atoms with van der Waals surface area (Å²) >= 11 is 0. The number of rotatable bonds is 5. The molecule has 2 aromatic heterocycles. The van der Waals surface area contributed by atoms with E-state index in [1.165, 1.54) is 11.3 Å². The molecule has 1 aromatic carbocycles. The quantitative estimate of drug-likeness (QED) is 0.737. The number of aromatic amines is 1. The first-order chi connectivity index (χ1) is 12.7. The number of aromatic nitrogens is 4. The fourth-order valence-electron chi connectivity index (χ4n) is 3.20. The van der Waals surface area contributed by atoms with E-state index >= 15 is 0 Å². The Labute approximate surface area is 150 Å². The molecule has 0 saturated heterocycles. The van der Waals surface area contributed by atoms with E-state index in [0.29, 0.717) is 23.7 Å². The lowest BCUT2D eigenvalue weighted by Crippen LogP contribution is -2.23. The Morgan fingerprint density at radius 3 is 2.96 bits per heavy atom. The van der Waals surface area contributed by atoms with Crippen molar-refractivity contribution in [1.82, 2.24) is 25.7 Å². The van der Waals surface area contributed by atoms with Crippen LogP contribution in [0.25, 0.3) is 11.3 Å². The molecular formula is C19H19N5O2. The molecule has 0 atom stereocenters. The average molecular weight is 349 g/mol. The van der Waals surface area contributed by atoms with Gasteiger partial charge in [-0.2, -0.15) is 5.10 Å². The smallest absolute Gasteiger partial charge is 0.251 e. The van der Waals surface area contributed by atoms with Crippen molar-refractivity contribution in [3.8, 4) is 17.1 Å². The molecule has 0 bridgehead atoms. The molecule has 0 aliphatic heterocycles. The minimum atomic E-state index is -0.136. The molecule has 0 radical (unpaired) electrons. The Bertz CT molecular complexity index is 933. The van der Waals surface area contributed by atoms with Gasteiger partial charge < -0.3 is 10.1 Å². The van der Waals surface area contributed by atoms with E-state index in [2.05, 4.69) is 25.7 Å². The summed E-state index contributed by atoms with van der Waals surface area (Å²) < 4.78 is 5.02. The van der Waals surface area contributed by atoms with Crippen molar-refractivity contribution in [3.05, 3.63) is 58.9 Å². The summed E-state index contributed by atoms with van der Waals surface area (Å²) in [6.45, 7) is 0.428. The largest absolute Gasteiger partial charge is 0.480 e. The Morgan fingerprint density at radius 1 is 1.23 bits per heavy atom. The van der Waals surface area contributed by atoms with Crippen molar-refractivity contribution in [1.29, 1.82) is 0 Å². The van der Waals surface area contributed by atoms with Crippen LogP contribution in [0.2, 0.25) is 0 Å². The van der Waals surface area contributed by atoms with Crippen molar-refractivity contribution in [3.63, 3.8) is 0 Å². The van der Waals surface area contributed by atoms with E-state index in [1.807, 2.05) is 18.2 Å². The molecule has 1 aliphatic carbocycles. The number of aryl methyl sites for hydroxylation is 1. The Morgan fingerprint density at radius 2 is 2.15 bits per heavy atom. The van der Waals surface area contributed by atoms with Crippen LogP contribution in [0.1, 0.15) is 33.7 Å². The Hall–Kier alpha value is -3.22. The van der Waals surface area contributed by atoms with Crippen LogP contribution in [0.15, 0.2) is 36.4 Å². The molecule has 3 aromatic rings. The third kappa shape index (κ3) is 3.15. The van der Waals surface area contributed by atoms with Gasteiger partial charge in [0.25, 0.3) is 5.91 Å². The van der Waals surface area contributed by atoms with E-state index in [4.69, 9.17) is 4.74 Å². The normalized spacial score (nSPS) is 12.7. The summed E-state index contributed by atoms with van der Waals surface area (Å²) in [5, 5.41) is 18.4. The maximum atomic E-state index is 12.5. The second-order valence-corrected chi connectivity index (χ2v) is 6.21. The second-order valence-electron chi connectivity index (χ2n) is 6.21. The van der Waals surface area contributed by atoms with Gasteiger partial charge in [-0.3, -0.25) is 9.89 Å². The van der Waals surface area contributed by atoms with Gasteiger partial charge in [0, 0.05) is 22.9 Å². The monoisotopic (exact) mass is 349 g/mol. The molecule has 2 heterocycles. The summed E-state index contributed by atoms with van der Waals surface area (Å²) in [5.41, 5.74) is 5.48. The molecule has 0 fully saturated rings. The maximum absolute atomic E-state index is 12.5. The fourth-order valence-corrected chi connectivity index (χ4v) is 3.20. The van der Waals surface area contributed by atoms with E-state index < -0.39 is 0 Å². The van der Waals surface area contributed by atoms with Crippen molar-refractivity contribution in [2.45, 2.75) is 25.8 Å². The zero-order valence-electron chi connectivity index (χ0n) is 14.5. The number of carbonyl (C=O) groups excluding carboxylic acids is 1. The molecule has 132 valence electrons. The molecule has 0 unspecified atom stereocenters. The fraction of sp³-hybridized carbons (Fsp3) is 0.263. The lowest BCUT2D eigenvalue weighted by molar-refractivity contribution is 0.0950. The van der Waals surface area contributed by atoms with Crippen LogP contribution < -0.4 is 10.1 Å². The van der Waals surface area contributed by atoms with Gasteiger partial charge >= 0.3 is 0 Å². The molecule has 0 saturated carbocycles. The van der Waals surface area contributed by atoms with Gasteiger partial charge in [-0.25, -0.2) is 0 Å². The highest BCUT2D eigenvalue weighted by Gasteiger charge is 2.18. The number of nitrogens with zero attached hydrogens (tertiary/aromatic N) is 3. The summed E-state index contributed by atoms with van der Waals surface area (Å²) in [5.74, 6) is 0.317. The molecule has 0 spiro atoms. The van der Waals surface area contributed by atoms with Crippen molar-refractivity contribution in [2.24, 2.45) is 0 Å². The molecule has 1 aliphatic rings. The van der Waals surface area contributed by atoms with Gasteiger partial charge in [-0.1, -0.05) is 12.1 Å². The van der Waals surface area contributed by atoms with Crippen LogP contribution in [0.5, 0.6) is 5.88 Å². The van der Waals surface area contributed by atoms with E-state index in [9.17, 15) is 4.79 Å². The summed E-state index contributed by atoms with van der Waals surface area (Å²) in [6, 6.07) is 10.9. The highest BCUT2D eigenvalue weighted by atomic mass is 16.5. The van der Waals surface area contributed by atoms with E-state index in [0.717, 1.165) is 30.5 Å². The number of hydrogen-bond acceptors (Lipinski definition) is 5. The van der Waals surface area contributed by atoms with Gasteiger partial charge in [0.2, 0.25) is 5.88 Å². The minimum absolute atomic E-state index is 0.136. The van der Waals surface area contributed by atoms with Crippen LogP contribution in [-0.2, 0) is 19.4 Å². The number of hydrogen-bond donors (Lipinski definition) is 2. The van der Waals surface area contributed by atoms with Crippen LogP contribution >= 0.6 is 0 Å². The number of amides is 1. The van der Waals surface area contributed by atoms with Crippen LogP contribution in [0, 0.1) is 0 Å². The third-order valence-corrected chi connectivity index (χ3v) is 4.58. The van der Waals surface area contributed by atoms with Crippen molar-refractivity contribution >= 4 is 5.91 Å². The first-order valence-corrected chi connectivity index (χ1v) is 8.56. The number of benzene rings is 1. The lowest BCUT2D eigenvalue weighted by Gasteiger charge is -2.07. The Kier molecular flexibility index (Phi) is 4.35. The highest BCUT2D eigenvalue weighted by Crippen LogP contribution is 2.23. The number of nitrogens with one attached hydrogen (secondary N) is 2. The minimum Gasteiger partial charge on any atom is -0.480 e. The number of ether oxygens (including phenoxy) is 1. The lowest BCUT2D eigenvalue weighted by atomic mass is 10.1. The summed E-state index contributed by atoms with van der Waals surface area (Å²) in [7, 11) is 1.55. The van der Waals surface area contributed by atoms with Gasteiger partial charge in [-0.15, -0.1) is 10.2 Å². The molecular weight excluding hydrogens is 330 g/mol. The van der Waals surface area contributed by atoms with Gasteiger partial charge in [0.15, 0.2) is 0 Å². The van der Waals surface area contributed by atoms with Crippen molar-refractivity contribution in [2.75, 3.05) is 7.11 Å². The predicted molar refractivity (Wildman–Crippen MR) is 95.8 cm³/mol. The van der Waals surface area contributed by atoms with E-state index in [1.54, 1.807) is 25.3 Å². The van der Waals surface area contributed by atoms with Crippen LogP contribution in [0.4, 0.5) is 0 Å². The summed E-state index contributed by atoms with van der Waals surface area (Å²) in [6.07, 6.45) is 3.22.